The molecule has 1 aromatic carbocycles. The molecule has 0 aliphatic heterocycles. The minimum atomic E-state index is -0.117. The predicted molar refractivity (Wildman–Crippen MR) is 70.9 cm³/mol. The first kappa shape index (κ1) is 12.7. The van der Waals surface area contributed by atoms with Crippen molar-refractivity contribution in [1.82, 2.24) is 5.32 Å². The molecule has 0 unspecified atom stereocenters. The average molecular weight is 272 g/mol. The fourth-order valence-corrected chi connectivity index (χ4v) is 2.30. The number of benzene rings is 1. The van der Waals surface area contributed by atoms with Crippen molar-refractivity contribution >= 4 is 29.1 Å². The molecule has 1 aromatic rings. The zero-order valence-electron chi connectivity index (χ0n) is 9.89. The third-order valence-electron chi connectivity index (χ3n) is 3.18. The molecule has 4 heteroatoms. The molecule has 1 atom stereocenters. The number of rotatable bonds is 3. The Morgan fingerprint density at radius 1 is 1.35 bits per heavy atom. The summed E-state index contributed by atoms with van der Waals surface area (Å²) in [6.45, 7) is 3.89. The van der Waals surface area contributed by atoms with E-state index in [0.717, 1.165) is 5.56 Å². The number of amides is 1. The van der Waals surface area contributed by atoms with Crippen LogP contribution in [0.3, 0.4) is 0 Å². The summed E-state index contributed by atoms with van der Waals surface area (Å²) in [5.74, 6) is 0.514. The van der Waals surface area contributed by atoms with Crippen LogP contribution in [0.25, 0.3) is 0 Å². The maximum Gasteiger partial charge on any atom is 0.253 e. The third kappa shape index (κ3) is 2.93. The van der Waals surface area contributed by atoms with Crippen molar-refractivity contribution in [2.75, 3.05) is 0 Å². The van der Waals surface area contributed by atoms with E-state index in [1.165, 1.54) is 12.8 Å². The zero-order valence-corrected chi connectivity index (χ0v) is 11.4. The normalized spacial score (nSPS) is 16.7. The van der Waals surface area contributed by atoms with Gasteiger partial charge in [0, 0.05) is 11.1 Å². The van der Waals surface area contributed by atoms with Crippen LogP contribution in [0.4, 0.5) is 0 Å². The van der Waals surface area contributed by atoms with Crippen LogP contribution in [0.5, 0.6) is 0 Å². The molecule has 0 spiro atoms. The van der Waals surface area contributed by atoms with E-state index in [9.17, 15) is 4.79 Å². The Morgan fingerprint density at radius 2 is 2.00 bits per heavy atom. The van der Waals surface area contributed by atoms with Gasteiger partial charge in [-0.1, -0.05) is 23.2 Å². The van der Waals surface area contributed by atoms with Crippen molar-refractivity contribution in [3.05, 3.63) is 33.3 Å². The van der Waals surface area contributed by atoms with Gasteiger partial charge in [0.05, 0.1) is 10.6 Å². The van der Waals surface area contributed by atoms with Crippen molar-refractivity contribution in [2.45, 2.75) is 32.7 Å². The molecule has 0 saturated heterocycles. The highest BCUT2D eigenvalue weighted by Gasteiger charge is 2.29. The molecule has 2 rings (SSSR count). The van der Waals surface area contributed by atoms with E-state index < -0.39 is 0 Å². The summed E-state index contributed by atoms with van der Waals surface area (Å²) < 4.78 is 0. The molecule has 1 N–H and O–H groups in total. The minimum Gasteiger partial charge on any atom is -0.349 e. The van der Waals surface area contributed by atoms with Crippen LogP contribution in [0.2, 0.25) is 10.0 Å². The molecular weight excluding hydrogens is 257 g/mol. The second kappa shape index (κ2) is 4.87. The van der Waals surface area contributed by atoms with Gasteiger partial charge in [-0.15, -0.1) is 0 Å². The number of hydrogen-bond donors (Lipinski definition) is 1. The highest BCUT2D eigenvalue weighted by Crippen LogP contribution is 2.32. The Kier molecular flexibility index (Phi) is 3.64. The van der Waals surface area contributed by atoms with Crippen LogP contribution >= 0.6 is 23.2 Å². The van der Waals surface area contributed by atoms with Gasteiger partial charge in [0.1, 0.15) is 0 Å². The maximum absolute atomic E-state index is 12.0. The molecular formula is C13H15Cl2NO. The van der Waals surface area contributed by atoms with Gasteiger partial charge in [-0.2, -0.15) is 0 Å². The Morgan fingerprint density at radius 3 is 2.59 bits per heavy atom. The molecule has 17 heavy (non-hydrogen) atoms. The molecule has 1 fully saturated rings. The molecule has 92 valence electrons. The van der Waals surface area contributed by atoms with Crippen LogP contribution < -0.4 is 5.32 Å². The first-order valence-corrected chi connectivity index (χ1v) is 6.51. The Hall–Kier alpha value is -0.730. The van der Waals surface area contributed by atoms with Gasteiger partial charge >= 0.3 is 0 Å². The monoisotopic (exact) mass is 271 g/mol. The molecule has 0 heterocycles. The van der Waals surface area contributed by atoms with Gasteiger partial charge in [0.15, 0.2) is 0 Å². The summed E-state index contributed by atoms with van der Waals surface area (Å²) in [5.41, 5.74) is 1.36. The van der Waals surface area contributed by atoms with Gasteiger partial charge in [-0.3, -0.25) is 4.79 Å². The molecule has 1 amide bonds. The van der Waals surface area contributed by atoms with E-state index in [0.29, 0.717) is 21.5 Å². The highest BCUT2D eigenvalue weighted by molar-refractivity contribution is 6.37. The number of aryl methyl sites for hydroxylation is 1. The molecule has 1 aliphatic rings. The van der Waals surface area contributed by atoms with Gasteiger partial charge in [0.25, 0.3) is 5.91 Å². The van der Waals surface area contributed by atoms with Gasteiger partial charge in [-0.25, -0.2) is 0 Å². The lowest BCUT2D eigenvalue weighted by molar-refractivity contribution is 0.0936. The number of hydrogen-bond acceptors (Lipinski definition) is 1. The number of carbonyl (C=O) groups is 1. The zero-order chi connectivity index (χ0) is 12.6. The van der Waals surface area contributed by atoms with E-state index in [1.807, 2.05) is 13.8 Å². The fourth-order valence-electron chi connectivity index (χ4n) is 1.83. The smallest absolute Gasteiger partial charge is 0.253 e. The minimum absolute atomic E-state index is 0.117. The standard InChI is InChI=1S/C13H15Cl2NO/c1-7-5-10(12(15)6-11(7)14)13(17)16-8(2)9-3-4-9/h5-6,8-9H,3-4H2,1-2H3,(H,16,17)/t8-/m1/s1. The largest absolute Gasteiger partial charge is 0.349 e. The number of carbonyl (C=O) groups excluding carboxylic acids is 1. The number of nitrogens with one attached hydrogen (secondary N) is 1. The topological polar surface area (TPSA) is 29.1 Å². The van der Waals surface area contributed by atoms with E-state index in [4.69, 9.17) is 23.2 Å². The van der Waals surface area contributed by atoms with Gasteiger partial charge in [-0.05, 0) is 50.3 Å². The molecule has 0 radical (unpaired) electrons. The van der Waals surface area contributed by atoms with Crippen molar-refractivity contribution in [3.8, 4) is 0 Å². The second-order valence-corrected chi connectivity index (χ2v) is 5.50. The summed E-state index contributed by atoms with van der Waals surface area (Å²) in [4.78, 5) is 12.0. The molecule has 2 nitrogen and oxygen atoms in total. The lowest BCUT2D eigenvalue weighted by Crippen LogP contribution is -2.34. The first-order valence-electron chi connectivity index (χ1n) is 5.75. The van der Waals surface area contributed by atoms with Crippen molar-refractivity contribution in [2.24, 2.45) is 5.92 Å². The Bertz CT molecular complexity index is 455. The summed E-state index contributed by atoms with van der Waals surface area (Å²) in [6.07, 6.45) is 2.41. The van der Waals surface area contributed by atoms with Crippen molar-refractivity contribution < 1.29 is 4.79 Å². The third-order valence-corrected chi connectivity index (χ3v) is 3.90. The molecule has 0 aromatic heterocycles. The maximum atomic E-state index is 12.0. The lowest BCUT2D eigenvalue weighted by Gasteiger charge is -2.14. The summed E-state index contributed by atoms with van der Waals surface area (Å²) in [5, 5.41) is 3.97. The van der Waals surface area contributed by atoms with Crippen LogP contribution in [-0.2, 0) is 0 Å². The molecule has 1 saturated carbocycles. The summed E-state index contributed by atoms with van der Waals surface area (Å²) >= 11 is 12.0. The average Bonchev–Trinajstić information content (AvgIpc) is 3.06. The first-order chi connectivity index (χ1) is 7.99. The fraction of sp³-hybridized carbons (Fsp3) is 0.462. The van der Waals surface area contributed by atoms with E-state index in [1.54, 1.807) is 12.1 Å². The van der Waals surface area contributed by atoms with Crippen molar-refractivity contribution in [1.29, 1.82) is 0 Å². The van der Waals surface area contributed by atoms with Crippen molar-refractivity contribution in [3.63, 3.8) is 0 Å². The van der Waals surface area contributed by atoms with E-state index in [2.05, 4.69) is 5.32 Å². The Balaban J connectivity index is 2.15. The molecule has 0 bridgehead atoms. The molecule has 1 aliphatic carbocycles. The second-order valence-electron chi connectivity index (χ2n) is 4.68. The Labute approximate surface area is 111 Å². The number of halogens is 2. The predicted octanol–water partition coefficient (Wildman–Crippen LogP) is 3.83. The van der Waals surface area contributed by atoms with Gasteiger partial charge in [0.2, 0.25) is 0 Å². The highest BCUT2D eigenvalue weighted by atomic mass is 35.5. The van der Waals surface area contributed by atoms with Crippen LogP contribution in [-0.4, -0.2) is 11.9 Å². The van der Waals surface area contributed by atoms with Crippen LogP contribution in [0.15, 0.2) is 12.1 Å². The SMILES string of the molecule is Cc1cc(C(=O)N[C@H](C)C2CC2)c(Cl)cc1Cl. The van der Waals surface area contributed by atoms with Crippen LogP contribution in [0, 0.1) is 12.8 Å². The summed E-state index contributed by atoms with van der Waals surface area (Å²) in [7, 11) is 0. The van der Waals surface area contributed by atoms with Gasteiger partial charge < -0.3 is 5.32 Å². The van der Waals surface area contributed by atoms with Crippen LogP contribution in [0.1, 0.15) is 35.7 Å². The van der Waals surface area contributed by atoms with E-state index in [-0.39, 0.29) is 11.9 Å². The summed E-state index contributed by atoms with van der Waals surface area (Å²) in [6, 6.07) is 3.57. The quantitative estimate of drug-likeness (QED) is 0.890. The van der Waals surface area contributed by atoms with E-state index >= 15 is 0 Å². The lowest BCUT2D eigenvalue weighted by atomic mass is 10.1.